The summed E-state index contributed by atoms with van der Waals surface area (Å²) in [4.78, 5) is 19.3. The van der Waals surface area contributed by atoms with Crippen molar-refractivity contribution in [3.63, 3.8) is 0 Å². The second-order valence-electron chi connectivity index (χ2n) is 7.53. The van der Waals surface area contributed by atoms with E-state index in [0.29, 0.717) is 24.3 Å². The van der Waals surface area contributed by atoms with Gasteiger partial charge in [0, 0.05) is 30.5 Å². The Balaban J connectivity index is 1.28. The Morgan fingerprint density at radius 1 is 1.16 bits per heavy atom. The molecule has 2 bridgehead atoms. The quantitative estimate of drug-likeness (QED) is 0.808. The lowest BCUT2D eigenvalue weighted by molar-refractivity contribution is -0.135. The van der Waals surface area contributed by atoms with Crippen LogP contribution in [0, 0.1) is 17.8 Å². The number of benzene rings is 1. The fraction of sp³-hybridized carbons (Fsp3) is 0.429. The van der Waals surface area contributed by atoms with Crippen molar-refractivity contribution in [2.45, 2.75) is 25.4 Å². The number of rotatable bonds is 3. The Morgan fingerprint density at radius 2 is 2.08 bits per heavy atom. The van der Waals surface area contributed by atoms with Crippen LogP contribution in [-0.2, 0) is 4.79 Å². The zero-order valence-corrected chi connectivity index (χ0v) is 14.2. The van der Waals surface area contributed by atoms with Gasteiger partial charge in [0.1, 0.15) is 17.4 Å². The fourth-order valence-electron chi connectivity index (χ4n) is 4.67. The number of para-hydroxylation sites is 1. The molecule has 1 saturated heterocycles. The number of nitrogens with zero attached hydrogens (tertiary/aromatic N) is 2. The Labute approximate surface area is 147 Å². The Morgan fingerprint density at radius 3 is 2.92 bits per heavy atom. The van der Waals surface area contributed by atoms with Gasteiger partial charge in [-0.25, -0.2) is 0 Å². The van der Waals surface area contributed by atoms with E-state index in [2.05, 4.69) is 17.1 Å². The first-order valence-corrected chi connectivity index (χ1v) is 9.25. The monoisotopic (exact) mass is 334 g/mol. The Hall–Kier alpha value is -2.36. The van der Waals surface area contributed by atoms with E-state index in [1.807, 2.05) is 35.2 Å². The van der Waals surface area contributed by atoms with E-state index in [4.69, 9.17) is 4.74 Å². The molecule has 0 radical (unpaired) electrons. The highest BCUT2D eigenvalue weighted by molar-refractivity contribution is 5.84. The van der Waals surface area contributed by atoms with E-state index < -0.39 is 0 Å². The molecule has 4 nitrogen and oxygen atoms in total. The van der Waals surface area contributed by atoms with Gasteiger partial charge < -0.3 is 9.64 Å². The zero-order chi connectivity index (χ0) is 16.8. The number of hydrogen-bond donors (Lipinski definition) is 0. The van der Waals surface area contributed by atoms with Gasteiger partial charge in [-0.3, -0.25) is 9.78 Å². The van der Waals surface area contributed by atoms with Crippen LogP contribution < -0.4 is 4.74 Å². The molecular weight excluding hydrogens is 312 g/mol. The molecular formula is C21H22N2O2. The minimum Gasteiger partial charge on any atom is -0.486 e. The van der Waals surface area contributed by atoms with Crippen LogP contribution in [0.1, 0.15) is 19.3 Å². The van der Waals surface area contributed by atoms with Crippen molar-refractivity contribution in [3.05, 3.63) is 48.7 Å². The summed E-state index contributed by atoms with van der Waals surface area (Å²) >= 11 is 0. The number of aromatic nitrogens is 1. The van der Waals surface area contributed by atoms with Gasteiger partial charge in [-0.1, -0.05) is 30.4 Å². The highest BCUT2D eigenvalue weighted by Crippen LogP contribution is 2.44. The number of pyridine rings is 1. The van der Waals surface area contributed by atoms with Crippen molar-refractivity contribution in [2.75, 3.05) is 13.1 Å². The highest BCUT2D eigenvalue weighted by atomic mass is 16.5. The molecule has 2 aliphatic carbocycles. The van der Waals surface area contributed by atoms with Crippen molar-refractivity contribution >= 4 is 16.8 Å². The van der Waals surface area contributed by atoms with Crippen molar-refractivity contribution in [1.82, 2.24) is 9.88 Å². The summed E-state index contributed by atoms with van der Waals surface area (Å²) in [5, 5.41) is 1.08. The average Bonchev–Trinajstić information content (AvgIpc) is 3.38. The largest absolute Gasteiger partial charge is 0.486 e. The molecule has 4 unspecified atom stereocenters. The molecule has 1 aromatic carbocycles. The lowest BCUT2D eigenvalue weighted by Crippen LogP contribution is -2.37. The van der Waals surface area contributed by atoms with E-state index in [-0.39, 0.29) is 12.0 Å². The number of fused-ring (bicyclic) bond motifs is 3. The van der Waals surface area contributed by atoms with Crippen LogP contribution in [0.3, 0.4) is 0 Å². The van der Waals surface area contributed by atoms with Crippen LogP contribution in [0.5, 0.6) is 5.75 Å². The maximum absolute atomic E-state index is 12.9. The van der Waals surface area contributed by atoms with Crippen LogP contribution in [0.4, 0.5) is 0 Å². The predicted octanol–water partition coefficient (Wildman–Crippen LogP) is 3.43. The second kappa shape index (κ2) is 5.87. The molecule has 0 spiro atoms. The Kier molecular flexibility index (Phi) is 3.51. The standard InChI is InChI=1S/C21H22N2O2/c24-21(18-12-14-6-7-16(18)11-14)23-10-8-17(13-23)25-19-5-1-3-15-4-2-9-22-20(15)19/h1-7,9,14,16-18H,8,10-13H2. The fourth-order valence-corrected chi connectivity index (χ4v) is 4.67. The number of carbonyl (C=O) groups excluding carboxylic acids is 1. The van der Waals surface area contributed by atoms with Gasteiger partial charge in [-0.15, -0.1) is 0 Å². The number of ether oxygens (including phenoxy) is 1. The van der Waals surface area contributed by atoms with Gasteiger partial charge >= 0.3 is 0 Å². The number of allylic oxidation sites excluding steroid dienone is 2. The molecule has 2 aromatic rings. The maximum atomic E-state index is 12.9. The van der Waals surface area contributed by atoms with Crippen molar-refractivity contribution < 1.29 is 9.53 Å². The van der Waals surface area contributed by atoms with Crippen molar-refractivity contribution in [3.8, 4) is 5.75 Å². The molecule has 5 rings (SSSR count). The molecule has 1 amide bonds. The van der Waals surface area contributed by atoms with E-state index in [9.17, 15) is 4.79 Å². The number of amides is 1. The zero-order valence-electron chi connectivity index (χ0n) is 14.2. The highest BCUT2D eigenvalue weighted by Gasteiger charge is 2.42. The van der Waals surface area contributed by atoms with Gasteiger partial charge in [0.25, 0.3) is 0 Å². The molecule has 128 valence electrons. The molecule has 2 heterocycles. The van der Waals surface area contributed by atoms with E-state index in [1.54, 1.807) is 6.20 Å². The SMILES string of the molecule is O=C(C1CC2C=CC1C2)N1CCC(Oc2cccc3cccnc23)C1. The van der Waals surface area contributed by atoms with Crippen molar-refractivity contribution in [1.29, 1.82) is 0 Å². The predicted molar refractivity (Wildman–Crippen MR) is 96.2 cm³/mol. The van der Waals surface area contributed by atoms with E-state index >= 15 is 0 Å². The van der Waals surface area contributed by atoms with Crippen molar-refractivity contribution in [2.24, 2.45) is 17.8 Å². The number of hydrogen-bond acceptors (Lipinski definition) is 3. The summed E-state index contributed by atoms with van der Waals surface area (Å²) < 4.78 is 6.22. The molecule has 1 aromatic heterocycles. The van der Waals surface area contributed by atoms with Gasteiger partial charge in [0.05, 0.1) is 6.54 Å². The van der Waals surface area contributed by atoms with Crippen LogP contribution in [0.25, 0.3) is 10.9 Å². The van der Waals surface area contributed by atoms with E-state index in [1.165, 1.54) is 6.42 Å². The van der Waals surface area contributed by atoms with Gasteiger partial charge in [0.15, 0.2) is 0 Å². The summed E-state index contributed by atoms with van der Waals surface area (Å²) in [5.74, 6) is 2.46. The van der Waals surface area contributed by atoms with Crippen LogP contribution in [0.2, 0.25) is 0 Å². The summed E-state index contributed by atoms with van der Waals surface area (Å²) in [5.41, 5.74) is 0.896. The second-order valence-corrected chi connectivity index (χ2v) is 7.53. The molecule has 2 fully saturated rings. The summed E-state index contributed by atoms with van der Waals surface area (Å²) in [6.45, 7) is 1.50. The van der Waals surface area contributed by atoms with Gasteiger partial charge in [0.2, 0.25) is 5.91 Å². The van der Waals surface area contributed by atoms with Crippen LogP contribution in [-0.4, -0.2) is 35.0 Å². The molecule has 1 saturated carbocycles. The maximum Gasteiger partial charge on any atom is 0.226 e. The Bertz CT molecular complexity index is 841. The molecule has 4 heteroatoms. The molecule has 1 aliphatic heterocycles. The summed E-state index contributed by atoms with van der Waals surface area (Å²) in [6.07, 6.45) is 9.50. The first-order valence-electron chi connectivity index (χ1n) is 9.25. The molecule has 0 N–H and O–H groups in total. The topological polar surface area (TPSA) is 42.4 Å². The third kappa shape index (κ3) is 2.60. The lowest BCUT2D eigenvalue weighted by atomic mass is 9.92. The molecule has 3 aliphatic rings. The third-order valence-corrected chi connectivity index (χ3v) is 5.94. The minimum atomic E-state index is 0.0608. The summed E-state index contributed by atoms with van der Waals surface area (Å²) in [6, 6.07) is 10.00. The van der Waals surface area contributed by atoms with Gasteiger partial charge in [-0.05, 0) is 36.8 Å². The average molecular weight is 334 g/mol. The third-order valence-electron chi connectivity index (χ3n) is 5.94. The number of carbonyl (C=O) groups is 1. The van der Waals surface area contributed by atoms with E-state index in [0.717, 1.165) is 36.0 Å². The molecule has 25 heavy (non-hydrogen) atoms. The first kappa shape index (κ1) is 14.9. The smallest absolute Gasteiger partial charge is 0.226 e. The normalized spacial score (nSPS) is 30.3. The van der Waals surface area contributed by atoms with Crippen LogP contribution in [0.15, 0.2) is 48.7 Å². The molecule has 4 atom stereocenters. The first-order chi connectivity index (χ1) is 12.3. The lowest BCUT2D eigenvalue weighted by Gasteiger charge is -2.24. The van der Waals surface area contributed by atoms with Crippen LogP contribution >= 0.6 is 0 Å². The number of likely N-dealkylation sites (tertiary alicyclic amines) is 1. The summed E-state index contributed by atoms with van der Waals surface area (Å²) in [7, 11) is 0. The van der Waals surface area contributed by atoms with Gasteiger partial charge in [-0.2, -0.15) is 0 Å². The minimum absolute atomic E-state index is 0.0608.